The highest BCUT2D eigenvalue weighted by Gasteiger charge is 2.42. The zero-order valence-electron chi connectivity index (χ0n) is 20.1. The van der Waals surface area contributed by atoms with Crippen molar-refractivity contribution in [3.8, 4) is 0 Å². The van der Waals surface area contributed by atoms with E-state index in [1.807, 2.05) is 19.0 Å². The fourth-order valence-corrected chi connectivity index (χ4v) is 6.17. The van der Waals surface area contributed by atoms with Crippen molar-refractivity contribution in [3.05, 3.63) is 35.4 Å². The minimum Gasteiger partial charge on any atom is -0.350 e. The van der Waals surface area contributed by atoms with E-state index in [0.29, 0.717) is 0 Å². The monoisotopic (exact) mass is 442 g/mol. The van der Waals surface area contributed by atoms with Gasteiger partial charge in [0.25, 0.3) is 0 Å². The molecule has 178 valence electrons. The van der Waals surface area contributed by atoms with E-state index in [1.165, 1.54) is 43.4 Å². The molecule has 2 aliphatic heterocycles. The molecule has 1 atom stereocenters. The molecule has 6 heteroatoms. The van der Waals surface area contributed by atoms with E-state index in [2.05, 4.69) is 34.5 Å². The minimum atomic E-state index is 0. The average molecular weight is 443 g/mol. The first-order chi connectivity index (χ1) is 15.4. The summed E-state index contributed by atoms with van der Waals surface area (Å²) in [6, 6.07) is 9.12. The van der Waals surface area contributed by atoms with Crippen molar-refractivity contribution < 1.29 is 11.0 Å². The van der Waals surface area contributed by atoms with Gasteiger partial charge >= 0.3 is 6.03 Å². The quantitative estimate of drug-likeness (QED) is 0.766. The van der Waals surface area contributed by atoms with Crippen LogP contribution >= 0.6 is 0 Å². The molecule has 3 amide bonds. The summed E-state index contributed by atoms with van der Waals surface area (Å²) in [4.78, 5) is 30.2. The number of hydrogen-bond donors (Lipinski definition) is 1. The summed E-state index contributed by atoms with van der Waals surface area (Å²) in [5, 5.41) is 3.16. The Bertz CT molecular complexity index is 814. The molecule has 0 radical (unpaired) electrons. The van der Waals surface area contributed by atoms with Gasteiger partial charge in [0.05, 0.1) is 6.04 Å². The third-order valence-corrected chi connectivity index (χ3v) is 8.13. The third kappa shape index (κ3) is 4.95. The van der Waals surface area contributed by atoms with Gasteiger partial charge in [-0.15, -0.1) is 0 Å². The lowest BCUT2D eigenvalue weighted by Gasteiger charge is -2.47. The van der Waals surface area contributed by atoms with Crippen molar-refractivity contribution in [2.75, 3.05) is 46.8 Å². The van der Waals surface area contributed by atoms with Crippen molar-refractivity contribution in [1.29, 1.82) is 0 Å². The van der Waals surface area contributed by atoms with Crippen LogP contribution in [0.2, 0.25) is 0 Å². The molecule has 0 bridgehead atoms. The lowest BCUT2D eigenvalue weighted by Crippen LogP contribution is -2.47. The summed E-state index contributed by atoms with van der Waals surface area (Å²) in [5.74, 6) is 0.804. The number of piperidine rings is 2. The maximum absolute atomic E-state index is 12.1. The maximum Gasteiger partial charge on any atom is 0.319 e. The number of fused-ring (bicyclic) bond motifs is 2. The van der Waals surface area contributed by atoms with Crippen LogP contribution in [-0.4, -0.2) is 73.5 Å². The fourth-order valence-electron chi connectivity index (χ4n) is 6.17. The van der Waals surface area contributed by atoms with Crippen LogP contribution in [0.5, 0.6) is 0 Å². The number of amides is 3. The second-order valence-electron chi connectivity index (χ2n) is 10.4. The Morgan fingerprint density at radius 3 is 2.41 bits per heavy atom. The Morgan fingerprint density at radius 2 is 1.75 bits per heavy atom. The van der Waals surface area contributed by atoms with Crippen molar-refractivity contribution in [1.82, 2.24) is 20.0 Å². The van der Waals surface area contributed by atoms with Gasteiger partial charge in [-0.1, -0.05) is 24.3 Å². The van der Waals surface area contributed by atoms with Gasteiger partial charge < -0.3 is 20.0 Å². The van der Waals surface area contributed by atoms with E-state index < -0.39 is 0 Å². The van der Waals surface area contributed by atoms with Gasteiger partial charge in [-0.2, -0.15) is 0 Å². The summed E-state index contributed by atoms with van der Waals surface area (Å²) in [7, 11) is 3.67. The van der Waals surface area contributed by atoms with E-state index >= 15 is 0 Å². The normalized spacial score (nSPS) is 23.6. The summed E-state index contributed by atoms with van der Waals surface area (Å²) >= 11 is 0. The number of carbonyl (C=O) groups excluding carboxylic acids is 2. The van der Waals surface area contributed by atoms with Crippen molar-refractivity contribution >= 4 is 11.9 Å². The number of urea groups is 1. The molecule has 2 heterocycles. The maximum atomic E-state index is 12.1. The van der Waals surface area contributed by atoms with Gasteiger partial charge in [0, 0.05) is 35.5 Å². The first-order valence-corrected chi connectivity index (χ1v) is 12.4. The molecule has 1 spiro atoms. The molecule has 2 fully saturated rings. The zero-order valence-corrected chi connectivity index (χ0v) is 20.1. The molecule has 1 aromatic carbocycles. The van der Waals surface area contributed by atoms with Gasteiger partial charge in [-0.05, 0) is 87.0 Å². The Labute approximate surface area is 194 Å². The molecule has 0 aromatic heterocycles. The molecule has 1 N–H and O–H groups in total. The number of benzene rings is 1. The van der Waals surface area contributed by atoms with Crippen LogP contribution in [0.3, 0.4) is 0 Å². The highest BCUT2D eigenvalue weighted by atomic mass is 16.2. The zero-order chi connectivity index (χ0) is 22.7. The first-order valence-electron chi connectivity index (χ1n) is 12.4. The molecule has 3 aliphatic rings. The highest BCUT2D eigenvalue weighted by Crippen LogP contribution is 2.48. The molecule has 6 nitrogen and oxygen atoms in total. The molecule has 1 aliphatic carbocycles. The lowest BCUT2D eigenvalue weighted by molar-refractivity contribution is -0.119. The van der Waals surface area contributed by atoms with Crippen LogP contribution in [0.15, 0.2) is 24.3 Å². The van der Waals surface area contributed by atoms with Crippen LogP contribution in [-0.2, 0) is 10.2 Å². The Hall–Kier alpha value is -2.08. The van der Waals surface area contributed by atoms with Crippen molar-refractivity contribution in [2.45, 2.75) is 63.3 Å². The largest absolute Gasteiger partial charge is 0.350 e. The predicted octanol–water partition coefficient (Wildman–Crippen LogP) is 4.02. The molecule has 4 rings (SSSR count). The molecular formula is C26H42N4O2. The van der Waals surface area contributed by atoms with E-state index in [9.17, 15) is 9.59 Å². The molecule has 32 heavy (non-hydrogen) atoms. The number of nitrogens with zero attached hydrogens (tertiary/aromatic N) is 3. The molecule has 1 aromatic rings. The van der Waals surface area contributed by atoms with Gasteiger partial charge in [0.2, 0.25) is 5.91 Å². The summed E-state index contributed by atoms with van der Waals surface area (Å²) in [6.45, 7) is 6.93. The SMILES string of the molecule is CC(=O)NC1CCC2(CCN(CCC3CCN(C(=O)N(C)C)CC3)CC2)c2ccccc21.[HH]. The first kappa shape index (κ1) is 23.1. The van der Waals surface area contributed by atoms with Crippen molar-refractivity contribution in [3.63, 3.8) is 0 Å². The van der Waals surface area contributed by atoms with E-state index in [1.54, 1.807) is 11.8 Å². The Balaban J connectivity index is 0.00000306. The Kier molecular flexibility index (Phi) is 7.08. The second-order valence-corrected chi connectivity index (χ2v) is 10.4. The smallest absolute Gasteiger partial charge is 0.319 e. The van der Waals surface area contributed by atoms with Crippen LogP contribution < -0.4 is 5.32 Å². The lowest BCUT2D eigenvalue weighted by atomic mass is 9.63. The number of carbonyl (C=O) groups is 2. The van der Waals surface area contributed by atoms with E-state index in [4.69, 9.17) is 0 Å². The van der Waals surface area contributed by atoms with Crippen LogP contribution in [0.4, 0.5) is 4.79 Å². The standard InChI is InChI=1S/C26H40N4O2.H2/c1-20(31)27-24-8-12-26(23-7-5-4-6-22(23)24)13-18-29(19-14-26)15-9-21-10-16-30(17-11-21)25(32)28(2)3;/h4-7,21,24H,8-19H2,1-3H3,(H,27,31);1H. The Morgan fingerprint density at radius 1 is 1.06 bits per heavy atom. The summed E-state index contributed by atoms with van der Waals surface area (Å²) in [5.41, 5.74) is 3.09. The topological polar surface area (TPSA) is 55.9 Å². The number of rotatable bonds is 4. The molecule has 0 saturated carbocycles. The molecule has 1 unspecified atom stereocenters. The molecular weight excluding hydrogens is 400 g/mol. The van der Waals surface area contributed by atoms with Gasteiger partial charge in [0.15, 0.2) is 0 Å². The number of hydrogen-bond acceptors (Lipinski definition) is 3. The highest BCUT2D eigenvalue weighted by molar-refractivity contribution is 5.74. The van der Waals surface area contributed by atoms with Crippen LogP contribution in [0.25, 0.3) is 0 Å². The van der Waals surface area contributed by atoms with Gasteiger partial charge in [-0.25, -0.2) is 4.79 Å². The fraction of sp³-hybridized carbons (Fsp3) is 0.692. The van der Waals surface area contributed by atoms with Gasteiger partial charge in [0.1, 0.15) is 0 Å². The molecule has 2 saturated heterocycles. The van der Waals surface area contributed by atoms with E-state index in [0.717, 1.165) is 51.4 Å². The average Bonchev–Trinajstić information content (AvgIpc) is 2.80. The van der Waals surface area contributed by atoms with Gasteiger partial charge in [-0.3, -0.25) is 4.79 Å². The van der Waals surface area contributed by atoms with Crippen LogP contribution in [0.1, 0.15) is 70.5 Å². The van der Waals surface area contributed by atoms with Crippen LogP contribution in [0, 0.1) is 5.92 Å². The predicted molar refractivity (Wildman–Crippen MR) is 130 cm³/mol. The summed E-state index contributed by atoms with van der Waals surface area (Å²) < 4.78 is 0. The minimum absolute atomic E-state index is 0. The van der Waals surface area contributed by atoms with Crippen molar-refractivity contribution in [2.24, 2.45) is 5.92 Å². The number of nitrogens with one attached hydrogen (secondary N) is 1. The summed E-state index contributed by atoms with van der Waals surface area (Å²) in [6.07, 6.45) is 8.16. The third-order valence-electron chi connectivity index (χ3n) is 8.13. The van der Waals surface area contributed by atoms with E-state index in [-0.39, 0.29) is 24.8 Å². The number of likely N-dealkylation sites (tertiary alicyclic amines) is 2. The second kappa shape index (κ2) is 9.82.